The minimum atomic E-state index is -0.696. The fraction of sp³-hybridized carbons (Fsp3) is 0.118. The van der Waals surface area contributed by atoms with Gasteiger partial charge in [-0.15, -0.1) is 0 Å². The summed E-state index contributed by atoms with van der Waals surface area (Å²) in [7, 11) is 0. The molecule has 1 aliphatic heterocycles. The van der Waals surface area contributed by atoms with Gasteiger partial charge in [0.2, 0.25) is 5.24 Å². The Hall–Kier alpha value is -2.46. The number of hydrogen-bond donors (Lipinski definition) is 0. The zero-order valence-corrected chi connectivity index (χ0v) is 12.3. The number of imide groups is 1. The van der Waals surface area contributed by atoms with Crippen molar-refractivity contribution in [1.82, 2.24) is 4.90 Å². The van der Waals surface area contributed by atoms with Crippen LogP contribution in [0.3, 0.4) is 0 Å². The molecule has 0 N–H and O–H groups in total. The maximum absolute atomic E-state index is 12.6. The summed E-state index contributed by atoms with van der Waals surface area (Å²) in [5.41, 5.74) is 1.41. The Balaban J connectivity index is 2.05. The Morgan fingerprint density at radius 1 is 0.909 bits per heavy atom. The fourth-order valence-corrected chi connectivity index (χ4v) is 2.82. The number of carbonyl (C=O) groups excluding carboxylic acids is 3. The average molecular weight is 314 g/mol. The first-order chi connectivity index (χ1) is 10.6. The van der Waals surface area contributed by atoms with E-state index < -0.39 is 23.1 Å². The topological polar surface area (TPSA) is 54.5 Å². The second-order valence-corrected chi connectivity index (χ2v) is 5.43. The highest BCUT2D eigenvalue weighted by Crippen LogP contribution is 2.33. The molecule has 0 saturated heterocycles. The molecule has 1 atom stereocenters. The van der Waals surface area contributed by atoms with Crippen molar-refractivity contribution in [3.05, 3.63) is 71.3 Å². The summed E-state index contributed by atoms with van der Waals surface area (Å²) in [6, 6.07) is 14.9. The number of halogens is 1. The highest BCUT2D eigenvalue weighted by molar-refractivity contribution is 6.63. The highest BCUT2D eigenvalue weighted by atomic mass is 35.5. The van der Waals surface area contributed by atoms with Gasteiger partial charge in [-0.2, -0.15) is 0 Å². The number of rotatable bonds is 4. The Morgan fingerprint density at radius 2 is 1.41 bits per heavy atom. The Labute approximate surface area is 132 Å². The Bertz CT molecular complexity index is 723. The SMILES string of the molecule is O=C(Cl)CC(c1ccccc1)N1C(=O)c2ccccc2C1=O. The largest absolute Gasteiger partial charge is 0.281 e. The third-order valence-electron chi connectivity index (χ3n) is 3.68. The Kier molecular flexibility index (Phi) is 3.77. The number of carbonyl (C=O) groups is 3. The lowest BCUT2D eigenvalue weighted by atomic mass is 10.0. The third-order valence-corrected chi connectivity index (χ3v) is 3.83. The van der Waals surface area contributed by atoms with Crippen LogP contribution in [0.15, 0.2) is 54.6 Å². The van der Waals surface area contributed by atoms with Crippen molar-refractivity contribution in [2.24, 2.45) is 0 Å². The maximum atomic E-state index is 12.6. The molecule has 4 nitrogen and oxygen atoms in total. The van der Waals surface area contributed by atoms with E-state index in [1.165, 1.54) is 0 Å². The number of benzene rings is 2. The van der Waals surface area contributed by atoms with Gasteiger partial charge in [-0.3, -0.25) is 19.3 Å². The van der Waals surface area contributed by atoms with Crippen LogP contribution in [0.2, 0.25) is 0 Å². The summed E-state index contributed by atoms with van der Waals surface area (Å²) >= 11 is 5.52. The van der Waals surface area contributed by atoms with E-state index in [0.29, 0.717) is 16.7 Å². The number of amides is 2. The van der Waals surface area contributed by atoms with E-state index in [-0.39, 0.29) is 6.42 Å². The molecular formula is C17H12ClNO3. The van der Waals surface area contributed by atoms with Crippen LogP contribution >= 0.6 is 11.6 Å². The molecule has 0 aromatic heterocycles. The molecule has 0 fully saturated rings. The molecule has 0 saturated carbocycles. The van der Waals surface area contributed by atoms with Gasteiger partial charge in [-0.05, 0) is 29.3 Å². The van der Waals surface area contributed by atoms with E-state index in [1.807, 2.05) is 6.07 Å². The van der Waals surface area contributed by atoms with Gasteiger partial charge in [0, 0.05) is 6.42 Å². The van der Waals surface area contributed by atoms with Gasteiger partial charge in [0.15, 0.2) is 0 Å². The van der Waals surface area contributed by atoms with Crippen molar-refractivity contribution < 1.29 is 14.4 Å². The summed E-state index contributed by atoms with van der Waals surface area (Å²) in [5, 5.41) is -0.592. The minimum absolute atomic E-state index is 0.114. The molecule has 0 spiro atoms. The van der Waals surface area contributed by atoms with Gasteiger partial charge in [-0.1, -0.05) is 42.5 Å². The van der Waals surface area contributed by atoms with Gasteiger partial charge in [-0.25, -0.2) is 0 Å². The molecule has 2 aromatic carbocycles. The predicted octanol–water partition coefficient (Wildman–Crippen LogP) is 3.18. The molecule has 0 radical (unpaired) electrons. The van der Waals surface area contributed by atoms with Crippen LogP contribution in [0.4, 0.5) is 0 Å². The number of hydrogen-bond acceptors (Lipinski definition) is 3. The standard InChI is InChI=1S/C17H12ClNO3/c18-15(20)10-14(11-6-2-1-3-7-11)19-16(21)12-8-4-5-9-13(12)17(19)22/h1-9,14H,10H2. The normalized spacial score (nSPS) is 14.9. The summed E-state index contributed by atoms with van der Waals surface area (Å²) in [6.07, 6.45) is -0.114. The second kappa shape index (κ2) is 5.73. The van der Waals surface area contributed by atoms with E-state index in [4.69, 9.17) is 11.6 Å². The van der Waals surface area contributed by atoms with Gasteiger partial charge < -0.3 is 0 Å². The lowest BCUT2D eigenvalue weighted by Crippen LogP contribution is -2.35. The van der Waals surface area contributed by atoms with Gasteiger partial charge >= 0.3 is 0 Å². The van der Waals surface area contributed by atoms with E-state index in [1.54, 1.807) is 48.5 Å². The first-order valence-corrected chi connectivity index (χ1v) is 7.17. The second-order valence-electron chi connectivity index (χ2n) is 5.01. The molecule has 2 aromatic rings. The average Bonchev–Trinajstić information content (AvgIpc) is 2.78. The van der Waals surface area contributed by atoms with Gasteiger partial charge in [0.05, 0.1) is 17.2 Å². The molecule has 0 aliphatic carbocycles. The van der Waals surface area contributed by atoms with Crippen LogP contribution in [0.25, 0.3) is 0 Å². The first-order valence-electron chi connectivity index (χ1n) is 6.80. The Morgan fingerprint density at radius 3 is 1.91 bits per heavy atom. The molecule has 22 heavy (non-hydrogen) atoms. The van der Waals surface area contributed by atoms with Crippen molar-refractivity contribution in [3.63, 3.8) is 0 Å². The zero-order chi connectivity index (χ0) is 15.7. The fourth-order valence-electron chi connectivity index (χ4n) is 2.68. The van der Waals surface area contributed by atoms with Crippen LogP contribution in [-0.4, -0.2) is 22.0 Å². The lowest BCUT2D eigenvalue weighted by Gasteiger charge is -2.25. The molecule has 1 unspecified atom stereocenters. The summed E-state index contributed by atoms with van der Waals surface area (Å²) < 4.78 is 0. The maximum Gasteiger partial charge on any atom is 0.262 e. The highest BCUT2D eigenvalue weighted by Gasteiger charge is 2.40. The van der Waals surface area contributed by atoms with Crippen molar-refractivity contribution in [3.8, 4) is 0 Å². The number of nitrogens with zero attached hydrogens (tertiary/aromatic N) is 1. The minimum Gasteiger partial charge on any atom is -0.281 e. The van der Waals surface area contributed by atoms with E-state index in [0.717, 1.165) is 4.90 Å². The third kappa shape index (κ3) is 2.42. The molecule has 5 heteroatoms. The van der Waals surface area contributed by atoms with Crippen LogP contribution in [0, 0.1) is 0 Å². The predicted molar refractivity (Wildman–Crippen MR) is 81.6 cm³/mol. The molecule has 1 heterocycles. The van der Waals surface area contributed by atoms with Crippen LogP contribution in [0.5, 0.6) is 0 Å². The summed E-state index contributed by atoms with van der Waals surface area (Å²) in [5.74, 6) is -0.792. The van der Waals surface area contributed by atoms with E-state index >= 15 is 0 Å². The molecular weight excluding hydrogens is 302 g/mol. The van der Waals surface area contributed by atoms with Crippen molar-refractivity contribution in [2.75, 3.05) is 0 Å². The van der Waals surface area contributed by atoms with Crippen molar-refractivity contribution in [1.29, 1.82) is 0 Å². The van der Waals surface area contributed by atoms with Gasteiger partial charge in [0.25, 0.3) is 11.8 Å². The molecule has 0 bridgehead atoms. The molecule has 1 aliphatic rings. The number of fused-ring (bicyclic) bond motifs is 1. The molecule has 3 rings (SSSR count). The van der Waals surface area contributed by atoms with E-state index in [2.05, 4.69) is 0 Å². The van der Waals surface area contributed by atoms with E-state index in [9.17, 15) is 14.4 Å². The lowest BCUT2D eigenvalue weighted by molar-refractivity contribution is -0.112. The quantitative estimate of drug-likeness (QED) is 0.643. The van der Waals surface area contributed by atoms with Crippen LogP contribution in [-0.2, 0) is 4.79 Å². The van der Waals surface area contributed by atoms with Crippen LogP contribution < -0.4 is 0 Å². The first kappa shape index (κ1) is 14.5. The van der Waals surface area contributed by atoms with Gasteiger partial charge in [0.1, 0.15) is 0 Å². The monoisotopic (exact) mass is 313 g/mol. The van der Waals surface area contributed by atoms with Crippen molar-refractivity contribution in [2.45, 2.75) is 12.5 Å². The van der Waals surface area contributed by atoms with Crippen molar-refractivity contribution >= 4 is 28.7 Å². The summed E-state index contributed by atoms with van der Waals surface area (Å²) in [4.78, 5) is 37.6. The zero-order valence-electron chi connectivity index (χ0n) is 11.5. The molecule has 2 amide bonds. The summed E-state index contributed by atoms with van der Waals surface area (Å²) in [6.45, 7) is 0. The van der Waals surface area contributed by atoms with Crippen LogP contribution in [0.1, 0.15) is 38.7 Å². The smallest absolute Gasteiger partial charge is 0.262 e. The molecule has 110 valence electrons.